The molecule has 0 aliphatic rings. The van der Waals surface area contributed by atoms with Gasteiger partial charge in [-0.15, -0.1) is 0 Å². The number of benzene rings is 2. The first-order valence-electron chi connectivity index (χ1n) is 7.33. The lowest BCUT2D eigenvalue weighted by molar-refractivity contribution is -0.143. The average molecular weight is 318 g/mol. The molecular weight excluding hydrogens is 298 g/mol. The van der Waals surface area contributed by atoms with Crippen LogP contribution in [0.4, 0.5) is 0 Å². The van der Waals surface area contributed by atoms with Gasteiger partial charge in [0.05, 0.1) is 13.0 Å². The van der Waals surface area contributed by atoms with Crippen molar-refractivity contribution < 1.29 is 9.53 Å². The maximum Gasteiger partial charge on any atom is 0.307 e. The molecule has 0 heterocycles. The van der Waals surface area contributed by atoms with Crippen molar-refractivity contribution in [2.75, 3.05) is 6.61 Å². The van der Waals surface area contributed by atoms with Crippen molar-refractivity contribution in [2.45, 2.75) is 25.8 Å². The lowest BCUT2D eigenvalue weighted by Crippen LogP contribution is -2.17. The minimum absolute atomic E-state index is 0.184. The number of ether oxygens (including phenoxy) is 1. The molecule has 0 amide bonds. The van der Waals surface area contributed by atoms with Crippen LogP contribution in [0, 0.1) is 0 Å². The summed E-state index contributed by atoms with van der Waals surface area (Å²) in [5.74, 6) is -0.272. The number of nitrogens with two attached hydrogens (primary N) is 1. The summed E-state index contributed by atoms with van der Waals surface area (Å²) in [6, 6.07) is 15.4. The van der Waals surface area contributed by atoms with Gasteiger partial charge in [-0.3, -0.25) is 4.79 Å². The maximum atomic E-state index is 11.5. The van der Waals surface area contributed by atoms with Gasteiger partial charge in [0.1, 0.15) is 0 Å². The van der Waals surface area contributed by atoms with Crippen LogP contribution >= 0.6 is 11.6 Å². The molecule has 0 saturated carbocycles. The van der Waals surface area contributed by atoms with E-state index in [2.05, 4.69) is 0 Å². The summed E-state index contributed by atoms with van der Waals surface area (Å²) in [6.07, 6.45) is 0.920. The Morgan fingerprint density at radius 1 is 1.23 bits per heavy atom. The zero-order valence-electron chi connectivity index (χ0n) is 12.6. The van der Waals surface area contributed by atoms with Gasteiger partial charge in [-0.1, -0.05) is 54.1 Å². The van der Waals surface area contributed by atoms with Crippen LogP contribution in [-0.2, 0) is 16.0 Å². The predicted octanol–water partition coefficient (Wildman–Crippen LogP) is 3.88. The van der Waals surface area contributed by atoms with Crippen molar-refractivity contribution in [3.05, 3.63) is 70.2 Å². The molecule has 0 fully saturated rings. The normalized spacial score (nSPS) is 12.0. The van der Waals surface area contributed by atoms with Crippen LogP contribution in [0.2, 0.25) is 5.02 Å². The Kier molecular flexibility index (Phi) is 5.99. The minimum atomic E-state index is -0.356. The largest absolute Gasteiger partial charge is 0.466 e. The van der Waals surface area contributed by atoms with E-state index in [4.69, 9.17) is 22.1 Å². The molecule has 3 nitrogen and oxygen atoms in total. The van der Waals surface area contributed by atoms with Gasteiger partial charge >= 0.3 is 5.97 Å². The van der Waals surface area contributed by atoms with E-state index in [-0.39, 0.29) is 18.4 Å². The van der Waals surface area contributed by atoms with Crippen LogP contribution in [0.15, 0.2) is 48.5 Å². The van der Waals surface area contributed by atoms with Crippen molar-refractivity contribution in [1.82, 2.24) is 0 Å². The van der Waals surface area contributed by atoms with Crippen LogP contribution in [0.3, 0.4) is 0 Å². The van der Waals surface area contributed by atoms with Gasteiger partial charge in [0.15, 0.2) is 0 Å². The fraction of sp³-hybridized carbons (Fsp3) is 0.278. The second-order valence-corrected chi connectivity index (χ2v) is 5.54. The standard InChI is InChI=1S/C18H20ClNO2/c1-2-22-18(21)12-17(20)15-8-5-6-13(11-15)10-14-7-3-4-9-16(14)19/h3-9,11,17H,2,10,12,20H2,1H3. The lowest BCUT2D eigenvalue weighted by Gasteiger charge is -2.13. The number of carbonyl (C=O) groups is 1. The molecule has 22 heavy (non-hydrogen) atoms. The second-order valence-electron chi connectivity index (χ2n) is 5.13. The molecule has 1 atom stereocenters. The molecule has 0 aliphatic carbocycles. The number of hydrogen-bond acceptors (Lipinski definition) is 3. The van der Waals surface area contributed by atoms with Gasteiger partial charge in [0, 0.05) is 11.1 Å². The van der Waals surface area contributed by atoms with Crippen LogP contribution < -0.4 is 5.73 Å². The minimum Gasteiger partial charge on any atom is -0.466 e. The van der Waals surface area contributed by atoms with E-state index < -0.39 is 0 Å². The Morgan fingerprint density at radius 2 is 2.00 bits per heavy atom. The number of esters is 1. The van der Waals surface area contributed by atoms with Crippen LogP contribution in [0.5, 0.6) is 0 Å². The van der Waals surface area contributed by atoms with Crippen molar-refractivity contribution in [3.63, 3.8) is 0 Å². The van der Waals surface area contributed by atoms with E-state index in [0.717, 1.165) is 28.1 Å². The Balaban J connectivity index is 2.09. The van der Waals surface area contributed by atoms with E-state index in [0.29, 0.717) is 6.61 Å². The predicted molar refractivity (Wildman–Crippen MR) is 88.9 cm³/mol. The molecule has 0 bridgehead atoms. The van der Waals surface area contributed by atoms with Gasteiger partial charge in [0.25, 0.3) is 0 Å². The highest BCUT2D eigenvalue weighted by Crippen LogP contribution is 2.21. The topological polar surface area (TPSA) is 52.3 Å². The molecule has 0 aromatic heterocycles. The van der Waals surface area contributed by atoms with E-state index in [1.165, 1.54) is 0 Å². The summed E-state index contributed by atoms with van der Waals surface area (Å²) in [5.41, 5.74) is 9.21. The second kappa shape index (κ2) is 7.97. The highest BCUT2D eigenvalue weighted by molar-refractivity contribution is 6.31. The van der Waals surface area contributed by atoms with Crippen molar-refractivity contribution in [2.24, 2.45) is 5.73 Å². The number of carbonyl (C=O) groups excluding carboxylic acids is 1. The highest BCUT2D eigenvalue weighted by Gasteiger charge is 2.13. The van der Waals surface area contributed by atoms with E-state index in [9.17, 15) is 4.79 Å². The molecule has 0 saturated heterocycles. The van der Waals surface area contributed by atoms with Crippen molar-refractivity contribution in [1.29, 1.82) is 0 Å². The number of halogens is 1. The summed E-state index contributed by atoms with van der Waals surface area (Å²) < 4.78 is 4.94. The third kappa shape index (κ3) is 4.58. The molecule has 1 unspecified atom stereocenters. The van der Waals surface area contributed by atoms with Crippen LogP contribution in [0.25, 0.3) is 0 Å². The molecule has 116 valence electrons. The van der Waals surface area contributed by atoms with Gasteiger partial charge < -0.3 is 10.5 Å². The first-order chi connectivity index (χ1) is 10.6. The van der Waals surface area contributed by atoms with Gasteiger partial charge in [-0.05, 0) is 36.1 Å². The molecule has 0 spiro atoms. The molecule has 2 rings (SSSR count). The third-order valence-corrected chi connectivity index (χ3v) is 3.79. The van der Waals surface area contributed by atoms with Crippen molar-refractivity contribution >= 4 is 17.6 Å². The van der Waals surface area contributed by atoms with Gasteiger partial charge in [-0.25, -0.2) is 0 Å². The maximum absolute atomic E-state index is 11.5. The summed E-state index contributed by atoms with van der Waals surface area (Å²) >= 11 is 6.19. The SMILES string of the molecule is CCOC(=O)CC(N)c1cccc(Cc2ccccc2Cl)c1. The van der Waals surface area contributed by atoms with Crippen LogP contribution in [0.1, 0.15) is 36.1 Å². The van der Waals surface area contributed by atoms with Crippen LogP contribution in [-0.4, -0.2) is 12.6 Å². The Hall–Kier alpha value is -1.84. The average Bonchev–Trinajstić information content (AvgIpc) is 2.50. The van der Waals surface area contributed by atoms with Gasteiger partial charge in [0.2, 0.25) is 0 Å². The summed E-state index contributed by atoms with van der Waals surface area (Å²) in [4.78, 5) is 11.5. The Labute approximate surface area is 136 Å². The fourth-order valence-electron chi connectivity index (χ4n) is 2.31. The zero-order chi connectivity index (χ0) is 15.9. The molecule has 0 radical (unpaired) electrons. The quantitative estimate of drug-likeness (QED) is 0.822. The Bertz CT molecular complexity index is 642. The van der Waals surface area contributed by atoms with E-state index in [1.807, 2.05) is 48.5 Å². The lowest BCUT2D eigenvalue weighted by atomic mass is 9.98. The van der Waals surface area contributed by atoms with E-state index >= 15 is 0 Å². The smallest absolute Gasteiger partial charge is 0.307 e. The number of hydrogen-bond donors (Lipinski definition) is 1. The molecule has 2 aromatic rings. The third-order valence-electron chi connectivity index (χ3n) is 3.42. The zero-order valence-corrected chi connectivity index (χ0v) is 13.3. The molecule has 0 aliphatic heterocycles. The summed E-state index contributed by atoms with van der Waals surface area (Å²) in [6.45, 7) is 2.16. The molecular formula is C18H20ClNO2. The number of rotatable bonds is 6. The van der Waals surface area contributed by atoms with Crippen molar-refractivity contribution in [3.8, 4) is 0 Å². The highest BCUT2D eigenvalue weighted by atomic mass is 35.5. The van der Waals surface area contributed by atoms with E-state index in [1.54, 1.807) is 6.92 Å². The fourth-order valence-corrected chi connectivity index (χ4v) is 2.52. The molecule has 4 heteroatoms. The molecule has 2 aromatic carbocycles. The summed E-state index contributed by atoms with van der Waals surface area (Å²) in [7, 11) is 0. The summed E-state index contributed by atoms with van der Waals surface area (Å²) in [5, 5.41) is 0.753. The first-order valence-corrected chi connectivity index (χ1v) is 7.71. The monoisotopic (exact) mass is 317 g/mol. The van der Waals surface area contributed by atoms with Gasteiger partial charge in [-0.2, -0.15) is 0 Å². The Morgan fingerprint density at radius 3 is 2.73 bits per heavy atom. The first kappa shape index (κ1) is 16.5. The molecule has 2 N–H and O–H groups in total.